The van der Waals surface area contributed by atoms with Gasteiger partial charge in [-0.2, -0.15) is 8.42 Å². The molecule has 3 aromatic carbocycles. The number of phenolic OH excluding ortho intramolecular Hbond substituents is 2. The van der Waals surface area contributed by atoms with E-state index in [1.54, 1.807) is 0 Å². The van der Waals surface area contributed by atoms with Crippen molar-refractivity contribution in [3.8, 4) is 11.5 Å². The van der Waals surface area contributed by atoms with Crippen LogP contribution >= 0.6 is 46.4 Å². The fraction of sp³-hybridized carbons (Fsp3) is 0.0526. The first-order valence-electron chi connectivity index (χ1n) is 7.89. The van der Waals surface area contributed by atoms with Gasteiger partial charge in [0, 0.05) is 16.7 Å². The van der Waals surface area contributed by atoms with Crippen LogP contribution in [0.5, 0.6) is 11.5 Å². The van der Waals surface area contributed by atoms with Gasteiger partial charge in [0.15, 0.2) is 4.75 Å². The zero-order valence-corrected chi connectivity index (χ0v) is 18.1. The molecule has 3 aromatic rings. The Hall–Kier alpha value is -1.67. The maximum absolute atomic E-state index is 13.0. The van der Waals surface area contributed by atoms with Gasteiger partial charge >= 0.3 is 0 Å². The second-order valence-electron chi connectivity index (χ2n) is 6.09. The van der Waals surface area contributed by atoms with E-state index in [1.165, 1.54) is 48.5 Å². The molecule has 1 atom stereocenters. The Morgan fingerprint density at radius 2 is 1.24 bits per heavy atom. The Kier molecular flexibility index (Phi) is 5.98. The molecule has 0 amide bonds. The minimum absolute atomic E-state index is 0.0191. The summed E-state index contributed by atoms with van der Waals surface area (Å²) in [4.78, 5) is 0. The van der Waals surface area contributed by atoms with Crippen LogP contribution in [-0.4, -0.2) is 23.2 Å². The molecule has 0 bridgehead atoms. The number of halogens is 4. The van der Waals surface area contributed by atoms with Crippen molar-refractivity contribution in [2.24, 2.45) is 0 Å². The summed E-state index contributed by atoms with van der Waals surface area (Å²) < 4.78 is 34.1. The second kappa shape index (κ2) is 7.87. The van der Waals surface area contributed by atoms with Crippen LogP contribution in [-0.2, 0) is 14.9 Å². The minimum Gasteiger partial charge on any atom is -0.508 e. The van der Waals surface area contributed by atoms with E-state index in [2.05, 4.69) is 0 Å². The summed E-state index contributed by atoms with van der Waals surface area (Å²) in [6.45, 7) is 0. The molecule has 0 aliphatic rings. The molecule has 0 heterocycles. The smallest absolute Gasteiger partial charge is 0.283 e. The number of hydrogen-bond acceptors (Lipinski definition) is 4. The van der Waals surface area contributed by atoms with Crippen molar-refractivity contribution in [2.45, 2.75) is 4.75 Å². The summed E-state index contributed by atoms with van der Waals surface area (Å²) in [7, 11) is -5.02. The molecule has 3 N–H and O–H groups in total. The highest BCUT2D eigenvalue weighted by Gasteiger charge is 2.51. The summed E-state index contributed by atoms with van der Waals surface area (Å²) in [5.41, 5.74) is -0.189. The van der Waals surface area contributed by atoms with E-state index in [0.717, 1.165) is 6.07 Å². The first-order valence-corrected chi connectivity index (χ1v) is 10.8. The van der Waals surface area contributed by atoms with Gasteiger partial charge in [0.25, 0.3) is 10.1 Å². The number of hydrogen-bond donors (Lipinski definition) is 3. The highest BCUT2D eigenvalue weighted by atomic mass is 35.5. The third-order valence-electron chi connectivity index (χ3n) is 4.40. The molecule has 0 saturated heterocycles. The monoisotopic (exact) mass is 492 g/mol. The lowest BCUT2D eigenvalue weighted by molar-refractivity contribution is 0.456. The van der Waals surface area contributed by atoms with Crippen molar-refractivity contribution in [2.75, 3.05) is 0 Å². The normalized spacial score (nSPS) is 13.8. The van der Waals surface area contributed by atoms with Gasteiger partial charge < -0.3 is 10.2 Å². The Morgan fingerprint density at radius 3 is 1.72 bits per heavy atom. The van der Waals surface area contributed by atoms with Gasteiger partial charge in [-0.15, -0.1) is 0 Å². The molecule has 0 fully saturated rings. The summed E-state index contributed by atoms with van der Waals surface area (Å²) in [6.07, 6.45) is 0. The van der Waals surface area contributed by atoms with E-state index in [1.807, 2.05) is 0 Å². The average molecular weight is 494 g/mol. The predicted molar refractivity (Wildman–Crippen MR) is 114 cm³/mol. The van der Waals surface area contributed by atoms with Crippen LogP contribution in [0.15, 0.2) is 54.6 Å². The van der Waals surface area contributed by atoms with Crippen LogP contribution in [0.4, 0.5) is 0 Å². The maximum atomic E-state index is 13.0. The van der Waals surface area contributed by atoms with Gasteiger partial charge in [-0.05, 0) is 35.4 Å². The SMILES string of the molecule is O=S(=O)(O)C(c1ccc(O)cc1)(c1ccc(Cl)cc1)c1c(Cl)cc(O)c(Cl)c1Cl. The molecule has 29 heavy (non-hydrogen) atoms. The molecule has 5 nitrogen and oxygen atoms in total. The van der Waals surface area contributed by atoms with E-state index in [0.29, 0.717) is 5.02 Å². The highest BCUT2D eigenvalue weighted by Crippen LogP contribution is 2.52. The molecular formula is C19H12Cl4O5S. The quantitative estimate of drug-likeness (QED) is 0.239. The van der Waals surface area contributed by atoms with Gasteiger partial charge in [0.1, 0.15) is 16.5 Å². The topological polar surface area (TPSA) is 94.8 Å². The largest absolute Gasteiger partial charge is 0.508 e. The summed E-state index contributed by atoms with van der Waals surface area (Å²) >= 11 is 24.6. The molecule has 10 heteroatoms. The van der Waals surface area contributed by atoms with Crippen molar-refractivity contribution in [3.63, 3.8) is 0 Å². The molecule has 0 saturated carbocycles. The lowest BCUT2D eigenvalue weighted by Gasteiger charge is -2.34. The molecule has 0 aliphatic carbocycles. The first-order chi connectivity index (χ1) is 13.5. The van der Waals surface area contributed by atoms with Gasteiger partial charge in [0.2, 0.25) is 0 Å². The van der Waals surface area contributed by atoms with Crippen LogP contribution < -0.4 is 0 Å². The van der Waals surface area contributed by atoms with Crippen molar-refractivity contribution >= 4 is 56.5 Å². The highest BCUT2D eigenvalue weighted by molar-refractivity contribution is 7.87. The Bertz CT molecular complexity index is 1130. The second-order valence-corrected chi connectivity index (χ2v) is 9.25. The summed E-state index contributed by atoms with van der Waals surface area (Å²) in [5, 5.41) is 18.9. The van der Waals surface area contributed by atoms with Crippen LogP contribution in [0.3, 0.4) is 0 Å². The van der Waals surface area contributed by atoms with Crippen LogP contribution in [0, 0.1) is 0 Å². The summed E-state index contributed by atoms with van der Waals surface area (Å²) in [5.74, 6) is -0.591. The standard InChI is InChI=1S/C19H12Cl4O5S/c20-12-5-1-10(2-6-12)19(29(26,27)28,11-3-7-13(24)8-4-11)16-14(21)9-15(25)17(22)18(16)23/h1-9,24-25H,(H,26,27,28). The molecular weight excluding hydrogens is 482 g/mol. The third kappa shape index (κ3) is 3.65. The van der Waals surface area contributed by atoms with Crippen LogP contribution in [0.2, 0.25) is 20.1 Å². The third-order valence-corrected chi connectivity index (χ3v) is 7.26. The molecule has 0 spiro atoms. The van der Waals surface area contributed by atoms with Gasteiger partial charge in [0.05, 0.1) is 10.0 Å². The fourth-order valence-corrected chi connectivity index (χ4v) is 5.62. The molecule has 0 aromatic heterocycles. The van der Waals surface area contributed by atoms with Crippen LogP contribution in [0.1, 0.15) is 16.7 Å². The molecule has 0 aliphatic heterocycles. The Labute approximate surface area is 186 Å². The van der Waals surface area contributed by atoms with E-state index in [4.69, 9.17) is 46.4 Å². The predicted octanol–water partition coefficient (Wildman–Crippen LogP) is 5.89. The number of benzene rings is 3. The molecule has 1 unspecified atom stereocenters. The average Bonchev–Trinajstić information content (AvgIpc) is 2.64. The first kappa shape index (κ1) is 22.0. The van der Waals surface area contributed by atoms with E-state index >= 15 is 0 Å². The number of phenols is 2. The van der Waals surface area contributed by atoms with Crippen molar-refractivity contribution in [1.29, 1.82) is 0 Å². The zero-order valence-electron chi connectivity index (χ0n) is 14.3. The number of aromatic hydroxyl groups is 2. The molecule has 3 rings (SSSR count). The lowest BCUT2D eigenvalue weighted by Crippen LogP contribution is -2.39. The summed E-state index contributed by atoms with van der Waals surface area (Å²) in [6, 6.07) is 11.7. The lowest BCUT2D eigenvalue weighted by atomic mass is 9.83. The van der Waals surface area contributed by atoms with Gasteiger partial charge in [-0.1, -0.05) is 70.7 Å². The van der Waals surface area contributed by atoms with Crippen molar-refractivity contribution in [1.82, 2.24) is 0 Å². The van der Waals surface area contributed by atoms with Crippen molar-refractivity contribution in [3.05, 3.63) is 91.4 Å². The molecule has 0 radical (unpaired) electrons. The Morgan fingerprint density at radius 1 is 0.759 bits per heavy atom. The fourth-order valence-electron chi connectivity index (χ4n) is 3.17. The Balaban J connectivity index is 2.59. The van der Waals surface area contributed by atoms with Crippen molar-refractivity contribution < 1.29 is 23.2 Å². The van der Waals surface area contributed by atoms with E-state index in [9.17, 15) is 23.2 Å². The van der Waals surface area contributed by atoms with Gasteiger partial charge in [-0.3, -0.25) is 4.55 Å². The molecule has 152 valence electrons. The van der Waals surface area contributed by atoms with Crippen LogP contribution in [0.25, 0.3) is 0 Å². The van der Waals surface area contributed by atoms with E-state index in [-0.39, 0.29) is 37.5 Å². The minimum atomic E-state index is -5.02. The van der Waals surface area contributed by atoms with Gasteiger partial charge in [-0.25, -0.2) is 0 Å². The number of rotatable bonds is 4. The van der Waals surface area contributed by atoms with E-state index < -0.39 is 20.6 Å². The maximum Gasteiger partial charge on any atom is 0.283 e. The zero-order chi connectivity index (χ0) is 21.6.